The van der Waals surface area contributed by atoms with Gasteiger partial charge in [0.15, 0.2) is 0 Å². The second-order valence-electron chi connectivity index (χ2n) is 9.43. The zero-order valence-electron chi connectivity index (χ0n) is 19.6. The first kappa shape index (κ1) is 19.5. The van der Waals surface area contributed by atoms with Gasteiger partial charge in [-0.05, 0) is 52.6 Å². The van der Waals surface area contributed by atoms with E-state index in [2.05, 4.69) is 143 Å². The second-order valence-corrected chi connectivity index (χ2v) is 9.43. The molecule has 0 N–H and O–H groups in total. The number of hydrogen-bond donors (Lipinski definition) is 0. The summed E-state index contributed by atoms with van der Waals surface area (Å²) in [6, 6.07) is 46.0. The number of para-hydroxylation sites is 2. The lowest BCUT2D eigenvalue weighted by atomic mass is 10.00. The van der Waals surface area contributed by atoms with Crippen molar-refractivity contribution in [2.24, 2.45) is 0 Å². The average Bonchev–Trinajstić information content (AvgIpc) is 3.52. The number of aromatic nitrogens is 2. The van der Waals surface area contributed by atoms with Gasteiger partial charge in [-0.3, -0.25) is 0 Å². The van der Waals surface area contributed by atoms with Crippen molar-refractivity contribution in [3.63, 3.8) is 0 Å². The summed E-state index contributed by atoms with van der Waals surface area (Å²) in [6.07, 6.45) is 2.19. The first-order chi connectivity index (χ1) is 17.9. The van der Waals surface area contributed by atoms with Crippen molar-refractivity contribution < 1.29 is 0 Å². The third-order valence-corrected chi connectivity index (χ3v) is 7.51. The Bertz CT molecular complexity index is 2090. The number of rotatable bonds is 2. The Labute approximate surface area is 208 Å². The van der Waals surface area contributed by atoms with Gasteiger partial charge in [-0.2, -0.15) is 0 Å². The molecule has 0 bridgehead atoms. The summed E-state index contributed by atoms with van der Waals surface area (Å²) < 4.78 is 4.79. The molecular weight excluding hydrogens is 436 g/mol. The van der Waals surface area contributed by atoms with Crippen LogP contribution in [0, 0.1) is 0 Å². The van der Waals surface area contributed by atoms with Gasteiger partial charge in [-0.15, -0.1) is 0 Å². The minimum absolute atomic E-state index is 1.17. The van der Waals surface area contributed by atoms with E-state index in [1.165, 1.54) is 65.6 Å². The van der Waals surface area contributed by atoms with Crippen molar-refractivity contribution in [2.45, 2.75) is 0 Å². The van der Waals surface area contributed by atoms with Gasteiger partial charge in [-0.25, -0.2) is 0 Å². The molecule has 0 aliphatic heterocycles. The van der Waals surface area contributed by atoms with Crippen LogP contribution in [0.25, 0.3) is 65.6 Å². The van der Waals surface area contributed by atoms with E-state index in [1.54, 1.807) is 0 Å². The van der Waals surface area contributed by atoms with Crippen LogP contribution in [0.15, 0.2) is 134 Å². The largest absolute Gasteiger partial charge is 0.316 e. The first-order valence-corrected chi connectivity index (χ1v) is 12.4. The van der Waals surface area contributed by atoms with Gasteiger partial charge in [0.25, 0.3) is 0 Å². The Morgan fingerprint density at radius 1 is 0.444 bits per heavy atom. The van der Waals surface area contributed by atoms with E-state index in [0.29, 0.717) is 0 Å². The van der Waals surface area contributed by atoms with Gasteiger partial charge in [0, 0.05) is 33.4 Å². The van der Waals surface area contributed by atoms with Crippen LogP contribution in [0.3, 0.4) is 0 Å². The Hall–Kier alpha value is -4.82. The van der Waals surface area contributed by atoms with Crippen LogP contribution in [0.5, 0.6) is 0 Å². The van der Waals surface area contributed by atoms with Gasteiger partial charge >= 0.3 is 0 Å². The maximum absolute atomic E-state index is 2.46. The third-order valence-electron chi connectivity index (χ3n) is 7.51. The van der Waals surface area contributed by atoms with E-state index in [4.69, 9.17) is 0 Å². The maximum Gasteiger partial charge on any atom is 0.0628 e. The minimum Gasteiger partial charge on any atom is -0.316 e. The van der Waals surface area contributed by atoms with Crippen LogP contribution in [-0.2, 0) is 0 Å². The predicted octanol–water partition coefficient (Wildman–Crippen LogP) is 9.03. The maximum atomic E-state index is 2.46. The number of benzene rings is 6. The molecule has 0 spiro atoms. The Morgan fingerprint density at radius 3 is 2.00 bits per heavy atom. The lowest BCUT2D eigenvalue weighted by Gasteiger charge is -2.14. The molecule has 0 atom stereocenters. The Morgan fingerprint density at radius 2 is 1.14 bits per heavy atom. The molecule has 2 nitrogen and oxygen atoms in total. The third kappa shape index (κ3) is 2.61. The van der Waals surface area contributed by atoms with E-state index in [0.717, 1.165) is 0 Å². The van der Waals surface area contributed by atoms with Gasteiger partial charge in [-0.1, -0.05) is 91.0 Å². The van der Waals surface area contributed by atoms with E-state index in [9.17, 15) is 0 Å². The van der Waals surface area contributed by atoms with Crippen molar-refractivity contribution in [3.05, 3.63) is 134 Å². The summed E-state index contributed by atoms with van der Waals surface area (Å²) in [7, 11) is 0. The zero-order chi connectivity index (χ0) is 23.6. The average molecular weight is 459 g/mol. The molecule has 0 saturated heterocycles. The molecule has 8 aromatic rings. The van der Waals surface area contributed by atoms with Crippen molar-refractivity contribution in [1.82, 2.24) is 9.13 Å². The smallest absolute Gasteiger partial charge is 0.0628 e. The van der Waals surface area contributed by atoms with Crippen molar-refractivity contribution in [2.75, 3.05) is 0 Å². The molecule has 0 aliphatic rings. The van der Waals surface area contributed by atoms with Crippen LogP contribution in [0.4, 0.5) is 0 Å². The van der Waals surface area contributed by atoms with Crippen LogP contribution >= 0.6 is 0 Å². The second kappa shape index (κ2) is 7.34. The highest BCUT2D eigenvalue weighted by Gasteiger charge is 2.19. The fourth-order valence-electron chi connectivity index (χ4n) is 5.96. The zero-order valence-corrected chi connectivity index (χ0v) is 19.6. The molecule has 2 heterocycles. The number of fused-ring (bicyclic) bond motifs is 8. The highest BCUT2D eigenvalue weighted by Crippen LogP contribution is 2.40. The summed E-state index contributed by atoms with van der Waals surface area (Å²) in [5.74, 6) is 0. The standard InChI is InChI=1S/C34H22N2/c1-2-11-25(12-3-1)35-21-20-23-18-19-31-33(34(23)35)29-16-8-9-17-30(29)36(31)32-22-24-10-4-5-13-26(24)27-14-6-7-15-28(27)32/h1-22H. The number of nitrogens with zero attached hydrogens (tertiary/aromatic N) is 2. The highest BCUT2D eigenvalue weighted by molar-refractivity contribution is 6.22. The highest BCUT2D eigenvalue weighted by atomic mass is 15.0. The summed E-state index contributed by atoms with van der Waals surface area (Å²) in [5.41, 5.74) is 6.08. The Kier molecular flexibility index (Phi) is 3.97. The molecular formula is C34H22N2. The summed E-state index contributed by atoms with van der Waals surface area (Å²) in [5, 5.41) is 8.89. The minimum atomic E-state index is 1.17. The summed E-state index contributed by atoms with van der Waals surface area (Å²) in [4.78, 5) is 0. The molecule has 0 unspecified atom stereocenters. The van der Waals surface area contributed by atoms with Crippen molar-refractivity contribution in [1.29, 1.82) is 0 Å². The summed E-state index contributed by atoms with van der Waals surface area (Å²) >= 11 is 0. The van der Waals surface area contributed by atoms with Crippen LogP contribution < -0.4 is 0 Å². The molecule has 0 radical (unpaired) electrons. The molecule has 0 amide bonds. The monoisotopic (exact) mass is 458 g/mol. The van der Waals surface area contributed by atoms with E-state index >= 15 is 0 Å². The quantitative estimate of drug-likeness (QED) is 0.229. The molecule has 6 aromatic carbocycles. The van der Waals surface area contributed by atoms with E-state index in [1.807, 2.05) is 0 Å². The molecule has 2 heteroatoms. The van der Waals surface area contributed by atoms with Crippen molar-refractivity contribution >= 4 is 54.3 Å². The van der Waals surface area contributed by atoms with Gasteiger partial charge in [0.1, 0.15) is 0 Å². The molecule has 168 valence electrons. The topological polar surface area (TPSA) is 9.86 Å². The lowest BCUT2D eigenvalue weighted by Crippen LogP contribution is -1.96. The van der Waals surface area contributed by atoms with Crippen LogP contribution in [-0.4, -0.2) is 9.13 Å². The normalized spacial score (nSPS) is 11.9. The van der Waals surface area contributed by atoms with Crippen LogP contribution in [0.2, 0.25) is 0 Å². The van der Waals surface area contributed by atoms with E-state index < -0.39 is 0 Å². The van der Waals surface area contributed by atoms with Crippen LogP contribution in [0.1, 0.15) is 0 Å². The number of hydrogen-bond acceptors (Lipinski definition) is 0. The predicted molar refractivity (Wildman–Crippen MR) is 153 cm³/mol. The van der Waals surface area contributed by atoms with Crippen molar-refractivity contribution in [3.8, 4) is 11.4 Å². The molecule has 2 aromatic heterocycles. The Balaban J connectivity index is 1.58. The molecule has 0 aliphatic carbocycles. The van der Waals surface area contributed by atoms with Gasteiger partial charge < -0.3 is 9.13 Å². The molecule has 36 heavy (non-hydrogen) atoms. The SMILES string of the molecule is c1ccc(-n2ccc3ccc4c(c5ccccc5n4-c4cc5ccccc5c5ccccc45)c32)cc1. The fraction of sp³-hybridized carbons (Fsp3) is 0. The van der Waals surface area contributed by atoms with Gasteiger partial charge in [0.05, 0.1) is 22.2 Å². The lowest BCUT2D eigenvalue weighted by molar-refractivity contribution is 1.13. The fourth-order valence-corrected chi connectivity index (χ4v) is 5.96. The molecule has 0 saturated carbocycles. The first-order valence-electron chi connectivity index (χ1n) is 12.4. The molecule has 8 rings (SSSR count). The summed E-state index contributed by atoms with van der Waals surface area (Å²) in [6.45, 7) is 0. The van der Waals surface area contributed by atoms with E-state index in [-0.39, 0.29) is 0 Å². The molecule has 0 fully saturated rings. The van der Waals surface area contributed by atoms with Gasteiger partial charge in [0.2, 0.25) is 0 Å².